The first-order valence-electron chi connectivity index (χ1n) is 4.32. The van der Waals surface area contributed by atoms with Crippen molar-refractivity contribution >= 4 is 11.8 Å². The summed E-state index contributed by atoms with van der Waals surface area (Å²) in [6, 6.07) is 0. The van der Waals surface area contributed by atoms with Gasteiger partial charge in [-0.15, -0.1) is 11.8 Å². The van der Waals surface area contributed by atoms with Crippen LogP contribution in [0.15, 0.2) is 12.2 Å². The molecule has 0 aliphatic carbocycles. The van der Waals surface area contributed by atoms with E-state index >= 15 is 0 Å². The Kier molecular flexibility index (Phi) is 3.69. The Morgan fingerprint density at radius 3 is 1.18 bits per heavy atom. The van der Waals surface area contributed by atoms with Crippen molar-refractivity contribution in [1.82, 2.24) is 0 Å². The van der Waals surface area contributed by atoms with Crippen LogP contribution in [-0.4, -0.2) is 9.49 Å². The number of rotatable bonds is 0. The third-order valence-electron chi connectivity index (χ3n) is 1.41. The van der Waals surface area contributed by atoms with Crippen LogP contribution in [0.1, 0.15) is 41.5 Å². The standard InChI is InChI=1S/C8H14S.C2H6/c1-7(2)5-6-8(3,4)9-7;1-2/h5-6H,1-4H3;1-2H3. The van der Waals surface area contributed by atoms with Crippen LogP contribution in [0, 0.1) is 0 Å². The molecule has 0 aromatic carbocycles. The molecule has 0 unspecified atom stereocenters. The highest BCUT2D eigenvalue weighted by molar-refractivity contribution is 8.02. The Hall–Kier alpha value is 0.0900. The Labute approximate surface area is 75.5 Å². The van der Waals surface area contributed by atoms with Gasteiger partial charge in [0.15, 0.2) is 0 Å². The summed E-state index contributed by atoms with van der Waals surface area (Å²) in [5.74, 6) is 0. The minimum absolute atomic E-state index is 0.365. The lowest BCUT2D eigenvalue weighted by Crippen LogP contribution is -2.13. The highest BCUT2D eigenvalue weighted by Gasteiger charge is 2.31. The summed E-state index contributed by atoms with van der Waals surface area (Å²) in [5.41, 5.74) is 0. The summed E-state index contributed by atoms with van der Waals surface area (Å²) in [6.45, 7) is 13.0. The molecule has 0 radical (unpaired) electrons. The summed E-state index contributed by atoms with van der Waals surface area (Å²) in [5, 5.41) is 0. The molecule has 0 aromatic rings. The van der Waals surface area contributed by atoms with Crippen LogP contribution in [0.3, 0.4) is 0 Å². The molecule has 1 heteroatoms. The number of thioether (sulfide) groups is 1. The predicted octanol–water partition coefficient (Wildman–Crippen LogP) is 3.87. The quantitative estimate of drug-likeness (QED) is 0.500. The third-order valence-corrected chi connectivity index (χ3v) is 2.74. The first-order valence-corrected chi connectivity index (χ1v) is 5.14. The van der Waals surface area contributed by atoms with E-state index in [0.29, 0.717) is 9.49 Å². The lowest BCUT2D eigenvalue weighted by atomic mass is 10.1. The number of hydrogen-bond acceptors (Lipinski definition) is 1. The van der Waals surface area contributed by atoms with Gasteiger partial charge in [-0.05, 0) is 27.7 Å². The molecule has 11 heavy (non-hydrogen) atoms. The Balaban J connectivity index is 0.000000461. The first-order chi connectivity index (χ1) is 4.91. The van der Waals surface area contributed by atoms with Gasteiger partial charge in [0.25, 0.3) is 0 Å². The average Bonchev–Trinajstić information content (AvgIpc) is 2.10. The van der Waals surface area contributed by atoms with Gasteiger partial charge in [0.2, 0.25) is 0 Å². The van der Waals surface area contributed by atoms with Crippen LogP contribution in [-0.2, 0) is 0 Å². The molecule has 0 nitrogen and oxygen atoms in total. The predicted molar refractivity (Wildman–Crippen MR) is 56.2 cm³/mol. The third kappa shape index (κ3) is 3.85. The van der Waals surface area contributed by atoms with Crippen LogP contribution in [0.2, 0.25) is 0 Å². The maximum atomic E-state index is 2.29. The fraction of sp³-hybridized carbons (Fsp3) is 0.800. The van der Waals surface area contributed by atoms with E-state index in [1.807, 2.05) is 25.6 Å². The van der Waals surface area contributed by atoms with Crippen LogP contribution in [0.25, 0.3) is 0 Å². The molecule has 0 spiro atoms. The summed E-state index contributed by atoms with van der Waals surface area (Å²) >= 11 is 2.01. The summed E-state index contributed by atoms with van der Waals surface area (Å²) in [7, 11) is 0. The van der Waals surface area contributed by atoms with Gasteiger partial charge in [0.05, 0.1) is 0 Å². The van der Waals surface area contributed by atoms with Gasteiger partial charge in [0.1, 0.15) is 0 Å². The van der Waals surface area contributed by atoms with Gasteiger partial charge >= 0.3 is 0 Å². The average molecular weight is 172 g/mol. The van der Waals surface area contributed by atoms with Crippen molar-refractivity contribution in [3.8, 4) is 0 Å². The summed E-state index contributed by atoms with van der Waals surface area (Å²) < 4.78 is 0.729. The minimum Gasteiger partial charge on any atom is -0.141 e. The van der Waals surface area contributed by atoms with Gasteiger partial charge in [0, 0.05) is 9.49 Å². The van der Waals surface area contributed by atoms with E-state index in [9.17, 15) is 0 Å². The SMILES string of the molecule is CC.CC1(C)C=CC(C)(C)S1. The highest BCUT2D eigenvalue weighted by Crippen LogP contribution is 2.43. The molecular weight excluding hydrogens is 152 g/mol. The molecular formula is C10H20S. The second-order valence-electron chi connectivity index (χ2n) is 3.64. The van der Waals surface area contributed by atoms with E-state index in [-0.39, 0.29) is 0 Å². The van der Waals surface area contributed by atoms with Crippen molar-refractivity contribution in [2.24, 2.45) is 0 Å². The monoisotopic (exact) mass is 172 g/mol. The Morgan fingerprint density at radius 2 is 1.09 bits per heavy atom. The van der Waals surface area contributed by atoms with E-state index in [2.05, 4.69) is 39.8 Å². The molecule has 0 aromatic heterocycles. The molecule has 0 saturated heterocycles. The van der Waals surface area contributed by atoms with Crippen molar-refractivity contribution < 1.29 is 0 Å². The Morgan fingerprint density at radius 1 is 0.818 bits per heavy atom. The summed E-state index contributed by atoms with van der Waals surface area (Å²) in [6.07, 6.45) is 4.58. The number of hydrogen-bond donors (Lipinski definition) is 0. The van der Waals surface area contributed by atoms with Crippen molar-refractivity contribution in [3.63, 3.8) is 0 Å². The molecule has 0 bridgehead atoms. The van der Waals surface area contributed by atoms with Crippen LogP contribution >= 0.6 is 11.8 Å². The fourth-order valence-corrected chi connectivity index (χ4v) is 2.78. The molecule has 0 saturated carbocycles. The molecule has 0 N–H and O–H groups in total. The van der Waals surface area contributed by atoms with E-state index in [4.69, 9.17) is 0 Å². The molecule has 0 amide bonds. The lowest BCUT2D eigenvalue weighted by Gasteiger charge is -2.21. The second kappa shape index (κ2) is 3.66. The molecule has 1 aliphatic rings. The van der Waals surface area contributed by atoms with Gasteiger partial charge in [-0.3, -0.25) is 0 Å². The second-order valence-corrected chi connectivity index (χ2v) is 5.95. The van der Waals surface area contributed by atoms with Crippen LogP contribution < -0.4 is 0 Å². The van der Waals surface area contributed by atoms with Crippen molar-refractivity contribution in [3.05, 3.63) is 12.2 Å². The smallest absolute Gasteiger partial charge is 0.0291 e. The van der Waals surface area contributed by atoms with Gasteiger partial charge in [-0.25, -0.2) is 0 Å². The van der Waals surface area contributed by atoms with Crippen molar-refractivity contribution in [1.29, 1.82) is 0 Å². The summed E-state index contributed by atoms with van der Waals surface area (Å²) in [4.78, 5) is 0. The zero-order chi connectivity index (χ0) is 9.12. The van der Waals surface area contributed by atoms with E-state index in [0.717, 1.165) is 0 Å². The molecule has 1 aliphatic heterocycles. The van der Waals surface area contributed by atoms with Crippen LogP contribution in [0.5, 0.6) is 0 Å². The van der Waals surface area contributed by atoms with E-state index in [1.165, 1.54) is 0 Å². The zero-order valence-corrected chi connectivity index (χ0v) is 9.38. The van der Waals surface area contributed by atoms with E-state index < -0.39 is 0 Å². The minimum atomic E-state index is 0.365. The fourth-order valence-electron chi connectivity index (χ4n) is 1.15. The first kappa shape index (κ1) is 11.1. The van der Waals surface area contributed by atoms with Gasteiger partial charge in [-0.1, -0.05) is 26.0 Å². The maximum absolute atomic E-state index is 2.29. The molecule has 1 heterocycles. The van der Waals surface area contributed by atoms with Gasteiger partial charge < -0.3 is 0 Å². The Bertz CT molecular complexity index is 127. The highest BCUT2D eigenvalue weighted by atomic mass is 32.2. The van der Waals surface area contributed by atoms with Crippen molar-refractivity contribution in [2.45, 2.75) is 51.0 Å². The normalized spacial score (nSPS) is 24.2. The topological polar surface area (TPSA) is 0 Å². The van der Waals surface area contributed by atoms with Crippen molar-refractivity contribution in [2.75, 3.05) is 0 Å². The van der Waals surface area contributed by atoms with Crippen LogP contribution in [0.4, 0.5) is 0 Å². The largest absolute Gasteiger partial charge is 0.141 e. The molecule has 66 valence electrons. The zero-order valence-electron chi connectivity index (χ0n) is 8.56. The van der Waals surface area contributed by atoms with E-state index in [1.54, 1.807) is 0 Å². The maximum Gasteiger partial charge on any atom is 0.0291 e. The molecule has 0 atom stereocenters. The van der Waals surface area contributed by atoms with Gasteiger partial charge in [-0.2, -0.15) is 0 Å². The lowest BCUT2D eigenvalue weighted by molar-refractivity contribution is 0.893. The molecule has 0 fully saturated rings. The molecule has 1 rings (SSSR count).